The average Bonchev–Trinajstić information content (AvgIpc) is 3.60. The highest BCUT2D eigenvalue weighted by molar-refractivity contribution is 8.00. The molecular formula is C46H46N4O8S2. The van der Waals surface area contributed by atoms with Gasteiger partial charge < -0.3 is 35.1 Å². The summed E-state index contributed by atoms with van der Waals surface area (Å²) in [6.07, 6.45) is 1.54. The summed E-state index contributed by atoms with van der Waals surface area (Å²) in [5.74, 6) is -1.29. The lowest BCUT2D eigenvalue weighted by Gasteiger charge is -2.30. The number of rotatable bonds is 13. The van der Waals surface area contributed by atoms with Gasteiger partial charge in [-0.1, -0.05) is 66.7 Å². The number of ether oxygens (including phenoxy) is 3. The fraction of sp³-hybridized carbons (Fsp3) is 0.239. The number of nitrogens with one attached hydrogen (secondary N) is 3. The molecule has 0 bridgehead atoms. The highest BCUT2D eigenvalue weighted by atomic mass is 32.2. The van der Waals surface area contributed by atoms with E-state index >= 15 is 0 Å². The number of hydrogen-bond donors (Lipinski definition) is 3. The Labute approximate surface area is 357 Å². The summed E-state index contributed by atoms with van der Waals surface area (Å²) >= 11 is 2.49. The van der Waals surface area contributed by atoms with E-state index in [-0.39, 0.29) is 23.7 Å². The molecule has 0 aliphatic carbocycles. The Kier molecular flexibility index (Phi) is 14.1. The number of methoxy groups -OCH3 is 1. The maximum absolute atomic E-state index is 13.8. The predicted molar refractivity (Wildman–Crippen MR) is 234 cm³/mol. The van der Waals surface area contributed by atoms with Crippen molar-refractivity contribution >= 4 is 69.6 Å². The van der Waals surface area contributed by atoms with Crippen LogP contribution in [0.15, 0.2) is 120 Å². The lowest BCUT2D eigenvalue weighted by atomic mass is 10.0. The first-order valence-corrected chi connectivity index (χ1v) is 20.9. The van der Waals surface area contributed by atoms with Crippen molar-refractivity contribution in [3.63, 3.8) is 0 Å². The number of anilines is 2. The van der Waals surface area contributed by atoms with Crippen molar-refractivity contribution in [2.75, 3.05) is 24.3 Å². The van der Waals surface area contributed by atoms with E-state index in [1.165, 1.54) is 30.2 Å². The van der Waals surface area contributed by atoms with E-state index < -0.39 is 34.7 Å². The van der Waals surface area contributed by atoms with Crippen LogP contribution in [-0.4, -0.2) is 59.2 Å². The summed E-state index contributed by atoms with van der Waals surface area (Å²) in [6, 6.07) is 32.6. The second-order valence-corrected chi connectivity index (χ2v) is 17.3. The van der Waals surface area contributed by atoms with Gasteiger partial charge in [-0.15, -0.1) is 23.1 Å². The molecule has 1 unspecified atom stereocenters. The summed E-state index contributed by atoms with van der Waals surface area (Å²) < 4.78 is 16.5. The third-order valence-corrected chi connectivity index (χ3v) is 11.3. The minimum Gasteiger partial charge on any atom is -0.489 e. The van der Waals surface area contributed by atoms with Crippen LogP contribution in [0.1, 0.15) is 70.0 Å². The van der Waals surface area contributed by atoms with Crippen LogP contribution in [0.25, 0.3) is 6.08 Å². The molecule has 0 fully saturated rings. The van der Waals surface area contributed by atoms with Gasteiger partial charge in [0.05, 0.1) is 24.5 Å². The van der Waals surface area contributed by atoms with E-state index in [1.54, 1.807) is 111 Å². The summed E-state index contributed by atoms with van der Waals surface area (Å²) in [4.78, 5) is 69.4. The van der Waals surface area contributed by atoms with E-state index in [0.29, 0.717) is 52.0 Å². The highest BCUT2D eigenvalue weighted by Crippen LogP contribution is 2.39. The summed E-state index contributed by atoms with van der Waals surface area (Å²) in [7, 11) is 1.29. The number of thioether (sulfide) groups is 1. The van der Waals surface area contributed by atoms with Gasteiger partial charge in [0.2, 0.25) is 5.91 Å². The lowest BCUT2D eigenvalue weighted by molar-refractivity contribution is -0.115. The smallest absolute Gasteiger partial charge is 0.410 e. The number of thiophene rings is 1. The zero-order valence-electron chi connectivity index (χ0n) is 33.9. The van der Waals surface area contributed by atoms with Gasteiger partial charge in [0.15, 0.2) is 0 Å². The fourth-order valence-electron chi connectivity index (χ4n) is 6.12. The summed E-state index contributed by atoms with van der Waals surface area (Å²) in [5.41, 5.74) is 2.90. The van der Waals surface area contributed by atoms with Crippen molar-refractivity contribution in [3.05, 3.63) is 148 Å². The van der Waals surface area contributed by atoms with Gasteiger partial charge in [0.25, 0.3) is 11.8 Å². The second kappa shape index (κ2) is 19.6. The maximum Gasteiger partial charge on any atom is 0.410 e. The molecule has 60 heavy (non-hydrogen) atoms. The molecule has 0 saturated heterocycles. The SMILES string of the molecule is COC(=O)c1c(NC(=O)C(C)Sc2cccc(NC(=O)/C(=C\c3ccc(OCc4ccccc4)cc3)NC(=O)c3ccccc3)c2)sc2c1CCN(C(=O)OC(C)(C)C)C2. The molecule has 3 N–H and O–H groups in total. The highest BCUT2D eigenvalue weighted by Gasteiger charge is 2.33. The average molecular weight is 847 g/mol. The monoisotopic (exact) mass is 846 g/mol. The Morgan fingerprint density at radius 3 is 2.27 bits per heavy atom. The molecule has 1 atom stereocenters. The first kappa shape index (κ1) is 43.2. The molecule has 12 nitrogen and oxygen atoms in total. The van der Waals surface area contributed by atoms with Gasteiger partial charge in [0, 0.05) is 27.6 Å². The van der Waals surface area contributed by atoms with E-state index in [0.717, 1.165) is 16.0 Å². The molecule has 1 aromatic heterocycles. The zero-order chi connectivity index (χ0) is 42.8. The van der Waals surface area contributed by atoms with Gasteiger partial charge in [-0.25, -0.2) is 9.59 Å². The molecular weight excluding hydrogens is 801 g/mol. The van der Waals surface area contributed by atoms with Crippen LogP contribution in [0.3, 0.4) is 0 Å². The molecule has 4 aromatic carbocycles. The van der Waals surface area contributed by atoms with Crippen LogP contribution in [0, 0.1) is 0 Å². The van der Waals surface area contributed by atoms with E-state index in [9.17, 15) is 24.0 Å². The molecule has 1 aliphatic heterocycles. The number of carbonyl (C=O) groups is 5. The molecule has 0 saturated carbocycles. The largest absolute Gasteiger partial charge is 0.489 e. The molecule has 14 heteroatoms. The number of carbonyl (C=O) groups excluding carboxylic acids is 5. The van der Waals surface area contributed by atoms with Crippen molar-refractivity contribution < 1.29 is 38.2 Å². The van der Waals surface area contributed by atoms with Crippen molar-refractivity contribution in [3.8, 4) is 5.75 Å². The molecule has 0 spiro atoms. The molecule has 5 aromatic rings. The molecule has 4 amide bonds. The number of hydrogen-bond acceptors (Lipinski definition) is 10. The van der Waals surface area contributed by atoms with Gasteiger partial charge in [-0.05, 0) is 99.3 Å². The van der Waals surface area contributed by atoms with Crippen molar-refractivity contribution in [1.82, 2.24) is 10.2 Å². The maximum atomic E-state index is 13.8. The van der Waals surface area contributed by atoms with Crippen molar-refractivity contribution in [1.29, 1.82) is 0 Å². The third-order valence-electron chi connectivity index (χ3n) is 9.08. The van der Waals surface area contributed by atoms with Crippen LogP contribution in [-0.2, 0) is 38.6 Å². The standard InChI is InChI=1S/C46H46N4O8S2/c1-29(40(51)49-43-39(44(54)56-5)36-23-24-50(27-38(36)60-43)45(55)58-46(2,3)4)59-35-18-12-17-33(26-35)47-42(53)37(48-41(52)32-15-10-7-11-16-32)25-30-19-21-34(22-20-30)57-28-31-13-8-6-9-14-31/h6-22,25-26,29H,23-24,27-28H2,1-5H3,(H,47,53)(H,48,52)(H,49,51)/b37-25+. The number of nitrogens with zero attached hydrogens (tertiary/aromatic N) is 1. The Bertz CT molecular complexity index is 2370. The normalized spacial score (nSPS) is 13.0. The number of benzene rings is 4. The van der Waals surface area contributed by atoms with Gasteiger partial charge >= 0.3 is 12.1 Å². The zero-order valence-corrected chi connectivity index (χ0v) is 35.5. The Hall–Kier alpha value is -6.38. The van der Waals surface area contributed by atoms with Crippen LogP contribution in [0.2, 0.25) is 0 Å². The number of amides is 4. The van der Waals surface area contributed by atoms with Crippen molar-refractivity contribution in [2.24, 2.45) is 0 Å². The molecule has 6 rings (SSSR count). The summed E-state index contributed by atoms with van der Waals surface area (Å²) in [5, 5.41) is 8.29. The number of esters is 1. The number of fused-ring (bicyclic) bond motifs is 1. The van der Waals surface area contributed by atoms with Crippen molar-refractivity contribution in [2.45, 2.75) is 63.0 Å². The predicted octanol–water partition coefficient (Wildman–Crippen LogP) is 8.94. The minimum atomic E-state index is -0.657. The fourth-order valence-corrected chi connectivity index (χ4v) is 8.30. The van der Waals surface area contributed by atoms with Gasteiger partial charge in [-0.2, -0.15) is 0 Å². The van der Waals surface area contributed by atoms with Crippen LogP contribution >= 0.6 is 23.1 Å². The molecule has 0 radical (unpaired) electrons. The first-order chi connectivity index (χ1) is 28.8. The van der Waals surface area contributed by atoms with E-state index in [2.05, 4.69) is 16.0 Å². The third kappa shape index (κ3) is 11.6. The van der Waals surface area contributed by atoms with Gasteiger partial charge in [0.1, 0.15) is 28.7 Å². The first-order valence-electron chi connectivity index (χ1n) is 19.2. The quantitative estimate of drug-likeness (QED) is 0.0599. The minimum absolute atomic E-state index is 0.0156. The van der Waals surface area contributed by atoms with Crippen LogP contribution in [0.4, 0.5) is 15.5 Å². The summed E-state index contributed by atoms with van der Waals surface area (Å²) in [6.45, 7) is 8.13. The topological polar surface area (TPSA) is 152 Å². The molecule has 2 heterocycles. The molecule has 1 aliphatic rings. The Morgan fingerprint density at radius 2 is 1.58 bits per heavy atom. The van der Waals surface area contributed by atoms with Gasteiger partial charge in [-0.3, -0.25) is 14.4 Å². The lowest BCUT2D eigenvalue weighted by Crippen LogP contribution is -2.39. The van der Waals surface area contributed by atoms with Crippen LogP contribution < -0.4 is 20.7 Å². The second-order valence-electron chi connectivity index (χ2n) is 14.8. The molecule has 310 valence electrons. The van der Waals surface area contributed by atoms with Crippen LogP contribution in [0.5, 0.6) is 5.75 Å². The Morgan fingerprint density at radius 1 is 0.883 bits per heavy atom. The van der Waals surface area contributed by atoms with E-state index in [4.69, 9.17) is 14.2 Å². The Balaban J connectivity index is 1.13. The van der Waals surface area contributed by atoms with E-state index in [1.807, 2.05) is 36.4 Å².